The summed E-state index contributed by atoms with van der Waals surface area (Å²) in [7, 11) is 2.59. The van der Waals surface area contributed by atoms with Crippen LogP contribution in [-0.2, 0) is 23.9 Å². The van der Waals surface area contributed by atoms with E-state index < -0.39 is 17.3 Å². The van der Waals surface area contributed by atoms with Crippen molar-refractivity contribution in [2.45, 2.75) is 12.8 Å². The minimum Gasteiger partial charge on any atom is -0.468 e. The largest absolute Gasteiger partial charge is 0.468 e. The van der Waals surface area contributed by atoms with Gasteiger partial charge in [-0.15, -0.1) is 0 Å². The predicted octanol–water partition coefficient (Wildman–Crippen LogP) is 1.04. The first-order chi connectivity index (χ1) is 9.04. The molecule has 0 spiro atoms. The Balaban J connectivity index is 2.35. The van der Waals surface area contributed by atoms with Gasteiger partial charge in [0.1, 0.15) is 17.1 Å². The molecule has 3 aliphatic rings. The van der Waals surface area contributed by atoms with Crippen molar-refractivity contribution in [3.8, 4) is 0 Å². The summed E-state index contributed by atoms with van der Waals surface area (Å²) < 4.78 is 9.47. The number of rotatable bonds is 2. The Kier molecular flexibility index (Phi) is 3.55. The Morgan fingerprint density at radius 3 is 2.37 bits per heavy atom. The number of ketones is 1. The number of esters is 2. The van der Waals surface area contributed by atoms with Crippen LogP contribution in [0.4, 0.5) is 0 Å². The Hall–Kier alpha value is -1.91. The van der Waals surface area contributed by atoms with Crippen molar-refractivity contribution < 1.29 is 23.9 Å². The smallest absolute Gasteiger partial charge is 0.319 e. The lowest BCUT2D eigenvalue weighted by molar-refractivity contribution is -0.151. The molecular weight excluding hydrogens is 248 g/mol. The first-order valence-corrected chi connectivity index (χ1v) is 6.12. The second-order valence-corrected chi connectivity index (χ2v) is 4.79. The molecule has 0 aromatic carbocycles. The Morgan fingerprint density at radius 2 is 1.84 bits per heavy atom. The van der Waals surface area contributed by atoms with Crippen LogP contribution in [0, 0.1) is 17.3 Å². The topological polar surface area (TPSA) is 69.7 Å². The van der Waals surface area contributed by atoms with E-state index in [0.717, 1.165) is 0 Å². The number of carbonyl (C=O) groups is 3. The minimum absolute atomic E-state index is 0.153. The second kappa shape index (κ2) is 4.99. The van der Waals surface area contributed by atoms with E-state index in [0.29, 0.717) is 6.42 Å². The van der Waals surface area contributed by atoms with Gasteiger partial charge < -0.3 is 9.47 Å². The molecule has 0 saturated heterocycles. The van der Waals surface area contributed by atoms with E-state index >= 15 is 0 Å². The molecule has 0 radical (unpaired) electrons. The maximum atomic E-state index is 12.1. The molecule has 2 bridgehead atoms. The molecule has 0 aromatic heterocycles. The van der Waals surface area contributed by atoms with Crippen LogP contribution in [0.15, 0.2) is 24.3 Å². The molecule has 1 unspecified atom stereocenters. The second-order valence-electron chi connectivity index (χ2n) is 4.79. The maximum absolute atomic E-state index is 12.1. The average Bonchev–Trinajstić information content (AvgIpc) is 2.43. The van der Waals surface area contributed by atoms with Gasteiger partial charge in [-0.1, -0.05) is 24.3 Å². The maximum Gasteiger partial charge on any atom is 0.319 e. The summed E-state index contributed by atoms with van der Waals surface area (Å²) in [6, 6.07) is 0. The summed E-state index contributed by atoms with van der Waals surface area (Å²) in [5.41, 5.74) is -0.873. The molecule has 3 aliphatic carbocycles. The summed E-state index contributed by atoms with van der Waals surface area (Å²) in [6.45, 7) is 0. The number of ether oxygens (including phenoxy) is 2. The molecule has 3 rings (SSSR count). The summed E-state index contributed by atoms with van der Waals surface area (Å²) in [5.74, 6) is -2.27. The van der Waals surface area contributed by atoms with Crippen molar-refractivity contribution >= 4 is 17.7 Å². The third kappa shape index (κ3) is 2.20. The van der Waals surface area contributed by atoms with E-state index in [2.05, 4.69) is 4.74 Å². The van der Waals surface area contributed by atoms with E-state index in [4.69, 9.17) is 4.74 Å². The van der Waals surface area contributed by atoms with Crippen LogP contribution >= 0.6 is 0 Å². The van der Waals surface area contributed by atoms with E-state index in [-0.39, 0.29) is 24.1 Å². The van der Waals surface area contributed by atoms with Crippen molar-refractivity contribution in [1.82, 2.24) is 0 Å². The van der Waals surface area contributed by atoms with Gasteiger partial charge in [0, 0.05) is 12.3 Å². The number of Topliss-reactive ketones (excluding diaryl/α,β-unsaturated/α-hetero) is 1. The number of allylic oxidation sites excluding steroid dienone is 2. The molecule has 19 heavy (non-hydrogen) atoms. The highest BCUT2D eigenvalue weighted by atomic mass is 16.5. The highest BCUT2D eigenvalue weighted by Gasteiger charge is 2.44. The lowest BCUT2D eigenvalue weighted by Gasteiger charge is -2.33. The van der Waals surface area contributed by atoms with Gasteiger partial charge >= 0.3 is 11.9 Å². The van der Waals surface area contributed by atoms with Crippen molar-refractivity contribution in [2.24, 2.45) is 17.3 Å². The molecule has 0 fully saturated rings. The first-order valence-electron chi connectivity index (χ1n) is 6.12. The minimum atomic E-state index is -0.873. The SMILES string of the molecule is COC(=O)C1C(=O)CCC2(C(=O)OC)C=CC1C=C2. The van der Waals surface area contributed by atoms with Crippen LogP contribution < -0.4 is 0 Å². The van der Waals surface area contributed by atoms with E-state index in [1.54, 1.807) is 24.3 Å². The number of fused-ring (bicyclic) bond motifs is 3. The van der Waals surface area contributed by atoms with Gasteiger partial charge in [0.05, 0.1) is 14.2 Å². The summed E-state index contributed by atoms with van der Waals surface area (Å²) in [5, 5.41) is 0. The highest BCUT2D eigenvalue weighted by molar-refractivity contribution is 6.00. The fourth-order valence-corrected chi connectivity index (χ4v) is 2.62. The fourth-order valence-electron chi connectivity index (χ4n) is 2.62. The Bertz CT molecular complexity index is 460. The van der Waals surface area contributed by atoms with Crippen molar-refractivity contribution in [1.29, 1.82) is 0 Å². The monoisotopic (exact) mass is 264 g/mol. The van der Waals surface area contributed by atoms with Gasteiger partial charge in [0.2, 0.25) is 0 Å². The van der Waals surface area contributed by atoms with Crippen molar-refractivity contribution in [3.63, 3.8) is 0 Å². The van der Waals surface area contributed by atoms with Gasteiger partial charge in [-0.3, -0.25) is 14.4 Å². The average molecular weight is 264 g/mol. The lowest BCUT2D eigenvalue weighted by atomic mass is 9.70. The van der Waals surface area contributed by atoms with Gasteiger partial charge in [0.15, 0.2) is 0 Å². The van der Waals surface area contributed by atoms with Crippen LogP contribution in [-0.4, -0.2) is 31.9 Å². The number of hydrogen-bond donors (Lipinski definition) is 0. The number of hydrogen-bond acceptors (Lipinski definition) is 5. The molecule has 102 valence electrons. The lowest BCUT2D eigenvalue weighted by Crippen LogP contribution is -2.39. The third-order valence-electron chi connectivity index (χ3n) is 3.77. The molecule has 0 aromatic rings. The van der Waals surface area contributed by atoms with Gasteiger partial charge in [-0.05, 0) is 6.42 Å². The van der Waals surface area contributed by atoms with Crippen LogP contribution in [0.25, 0.3) is 0 Å². The first kappa shape index (κ1) is 13.5. The Morgan fingerprint density at radius 1 is 1.21 bits per heavy atom. The van der Waals surface area contributed by atoms with Crippen molar-refractivity contribution in [2.75, 3.05) is 14.2 Å². The quantitative estimate of drug-likeness (QED) is 0.423. The molecule has 5 heteroatoms. The summed E-state index contributed by atoms with van der Waals surface area (Å²) in [6.07, 6.45) is 7.36. The molecule has 1 atom stereocenters. The van der Waals surface area contributed by atoms with Gasteiger partial charge in [0.25, 0.3) is 0 Å². The number of methoxy groups -OCH3 is 2. The van der Waals surface area contributed by atoms with E-state index in [9.17, 15) is 14.4 Å². The molecule has 0 N–H and O–H groups in total. The molecule has 5 nitrogen and oxygen atoms in total. The van der Waals surface area contributed by atoms with Crippen molar-refractivity contribution in [3.05, 3.63) is 24.3 Å². The van der Waals surface area contributed by atoms with Crippen LogP contribution in [0.3, 0.4) is 0 Å². The predicted molar refractivity (Wildman–Crippen MR) is 66.0 cm³/mol. The van der Waals surface area contributed by atoms with Gasteiger partial charge in [-0.25, -0.2) is 0 Å². The highest BCUT2D eigenvalue weighted by Crippen LogP contribution is 2.39. The molecule has 0 saturated carbocycles. The van der Waals surface area contributed by atoms with Crippen LogP contribution in [0.5, 0.6) is 0 Å². The van der Waals surface area contributed by atoms with Crippen LogP contribution in [0.2, 0.25) is 0 Å². The van der Waals surface area contributed by atoms with E-state index in [1.165, 1.54) is 14.2 Å². The van der Waals surface area contributed by atoms with Crippen LogP contribution in [0.1, 0.15) is 12.8 Å². The zero-order valence-electron chi connectivity index (χ0n) is 10.9. The zero-order valence-corrected chi connectivity index (χ0v) is 10.9. The number of carbonyl (C=O) groups excluding carboxylic acids is 3. The van der Waals surface area contributed by atoms with E-state index in [1.807, 2.05) is 0 Å². The Labute approximate surface area is 111 Å². The summed E-state index contributed by atoms with van der Waals surface area (Å²) in [4.78, 5) is 35.6. The third-order valence-corrected chi connectivity index (χ3v) is 3.77. The molecule has 0 aliphatic heterocycles. The normalized spacial score (nSPS) is 32.6. The molecule has 0 heterocycles. The zero-order chi connectivity index (χ0) is 14.0. The fraction of sp³-hybridized carbons (Fsp3) is 0.500. The molecule has 0 amide bonds. The molecular formula is C14H16O5. The summed E-state index contributed by atoms with van der Waals surface area (Å²) >= 11 is 0. The standard InChI is InChI=1S/C14H16O5/c1-18-12(16)11-9-3-6-14(7-4-9,13(17)19-2)8-5-10(11)15/h3-4,6-7,9,11H,5,8H2,1-2H3. The van der Waals surface area contributed by atoms with Gasteiger partial charge in [-0.2, -0.15) is 0 Å².